The molecule has 2 rings (SSSR count). The van der Waals surface area contributed by atoms with Crippen LogP contribution < -0.4 is 0 Å². The van der Waals surface area contributed by atoms with E-state index in [4.69, 9.17) is 0 Å². The molecule has 1 aliphatic heterocycles. The molecule has 0 N–H and O–H groups in total. The van der Waals surface area contributed by atoms with Gasteiger partial charge in [-0.2, -0.15) is 0 Å². The Kier molecular flexibility index (Phi) is 4.86. The van der Waals surface area contributed by atoms with E-state index >= 15 is 0 Å². The predicted molar refractivity (Wildman–Crippen MR) is 74.5 cm³/mol. The summed E-state index contributed by atoms with van der Waals surface area (Å²) in [5, 5.41) is 1.15. The summed E-state index contributed by atoms with van der Waals surface area (Å²) in [7, 11) is 0. The Labute approximate surface area is 109 Å². The normalized spacial score (nSPS) is 21.6. The van der Waals surface area contributed by atoms with Gasteiger partial charge in [0, 0.05) is 12.2 Å². The van der Waals surface area contributed by atoms with Crippen LogP contribution >= 0.6 is 11.8 Å². The highest BCUT2D eigenvalue weighted by molar-refractivity contribution is 7.99. The van der Waals surface area contributed by atoms with Crippen LogP contribution in [0.15, 0.2) is 23.4 Å². The van der Waals surface area contributed by atoms with E-state index < -0.39 is 0 Å². The number of thioether (sulfide) groups is 1. The van der Waals surface area contributed by atoms with Crippen molar-refractivity contribution in [2.24, 2.45) is 0 Å². The maximum Gasteiger partial charge on any atom is 0.0959 e. The maximum absolute atomic E-state index is 4.55. The second-order valence-electron chi connectivity index (χ2n) is 4.50. The number of rotatable bonds is 4. The fourth-order valence-corrected chi connectivity index (χ4v) is 3.16. The zero-order chi connectivity index (χ0) is 12.1. The van der Waals surface area contributed by atoms with E-state index in [1.165, 1.54) is 31.4 Å². The monoisotopic (exact) mass is 250 g/mol. The van der Waals surface area contributed by atoms with Crippen molar-refractivity contribution in [3.05, 3.63) is 23.9 Å². The first-order valence-corrected chi connectivity index (χ1v) is 7.66. The van der Waals surface area contributed by atoms with Crippen molar-refractivity contribution in [3.63, 3.8) is 0 Å². The molecular weight excluding hydrogens is 228 g/mol. The average molecular weight is 250 g/mol. The van der Waals surface area contributed by atoms with Crippen molar-refractivity contribution in [3.8, 4) is 0 Å². The van der Waals surface area contributed by atoms with Gasteiger partial charge in [-0.1, -0.05) is 26.3 Å². The van der Waals surface area contributed by atoms with Gasteiger partial charge < -0.3 is 0 Å². The van der Waals surface area contributed by atoms with Crippen molar-refractivity contribution in [1.29, 1.82) is 0 Å². The van der Waals surface area contributed by atoms with Crippen LogP contribution in [0.5, 0.6) is 0 Å². The highest BCUT2D eigenvalue weighted by Crippen LogP contribution is 2.30. The lowest BCUT2D eigenvalue weighted by atomic mass is 9.96. The Morgan fingerprint density at radius 1 is 1.35 bits per heavy atom. The summed E-state index contributed by atoms with van der Waals surface area (Å²) in [5.41, 5.74) is 1.40. The summed E-state index contributed by atoms with van der Waals surface area (Å²) in [5.74, 6) is 1.09. The maximum atomic E-state index is 4.55. The first-order valence-electron chi connectivity index (χ1n) is 6.68. The average Bonchev–Trinajstić information content (AvgIpc) is 2.40. The van der Waals surface area contributed by atoms with E-state index in [9.17, 15) is 0 Å². The second kappa shape index (κ2) is 6.41. The molecule has 0 bridgehead atoms. The second-order valence-corrected chi connectivity index (χ2v) is 5.79. The Morgan fingerprint density at radius 3 is 2.88 bits per heavy atom. The third kappa shape index (κ3) is 3.23. The van der Waals surface area contributed by atoms with Gasteiger partial charge in [-0.05, 0) is 43.3 Å². The molecule has 0 spiro atoms. The van der Waals surface area contributed by atoms with Crippen LogP contribution in [0.25, 0.3) is 0 Å². The molecule has 3 heteroatoms. The van der Waals surface area contributed by atoms with Gasteiger partial charge in [0.25, 0.3) is 0 Å². The van der Waals surface area contributed by atoms with Crippen LogP contribution in [0.1, 0.15) is 44.7 Å². The van der Waals surface area contributed by atoms with E-state index in [0.29, 0.717) is 6.04 Å². The minimum absolute atomic E-state index is 0.599. The smallest absolute Gasteiger partial charge is 0.0959 e. The van der Waals surface area contributed by atoms with Gasteiger partial charge in [-0.25, -0.2) is 4.98 Å². The van der Waals surface area contributed by atoms with Crippen LogP contribution in [0.4, 0.5) is 0 Å². The number of hydrogen-bond acceptors (Lipinski definition) is 3. The molecule has 1 saturated heterocycles. The Hall–Kier alpha value is -0.540. The van der Waals surface area contributed by atoms with E-state index in [1.807, 2.05) is 11.8 Å². The highest BCUT2D eigenvalue weighted by Gasteiger charge is 2.22. The molecule has 0 amide bonds. The molecule has 2 heterocycles. The largest absolute Gasteiger partial charge is 0.297 e. The molecule has 0 aliphatic carbocycles. The number of aromatic nitrogens is 1. The van der Waals surface area contributed by atoms with Gasteiger partial charge in [-0.3, -0.25) is 4.90 Å². The lowest BCUT2D eigenvalue weighted by molar-refractivity contribution is 0.157. The van der Waals surface area contributed by atoms with Gasteiger partial charge in [0.1, 0.15) is 0 Å². The molecule has 0 unspecified atom stereocenters. The van der Waals surface area contributed by atoms with E-state index in [1.54, 1.807) is 0 Å². The predicted octanol–water partition coefficient (Wildman–Crippen LogP) is 3.74. The third-order valence-corrected chi connectivity index (χ3v) is 4.28. The summed E-state index contributed by atoms with van der Waals surface area (Å²) in [4.78, 5) is 7.13. The standard InChI is InChI=1S/C14H22N2S/c1-3-16-10-6-5-7-13(16)12-8-9-14(15-11-12)17-4-2/h8-9,11,13H,3-7,10H2,1-2H3/t13-/m0/s1. The summed E-state index contributed by atoms with van der Waals surface area (Å²) >= 11 is 1.81. The molecule has 0 saturated carbocycles. The molecular formula is C14H22N2S. The first kappa shape index (κ1) is 12.9. The summed E-state index contributed by atoms with van der Waals surface area (Å²) in [6.45, 7) is 6.82. The van der Waals surface area contributed by atoms with E-state index in [2.05, 4.69) is 42.1 Å². The molecule has 1 aromatic heterocycles. The first-order chi connectivity index (χ1) is 8.35. The van der Waals surface area contributed by atoms with Crippen LogP contribution in [0.2, 0.25) is 0 Å². The molecule has 94 valence electrons. The van der Waals surface area contributed by atoms with Crippen LogP contribution in [0.3, 0.4) is 0 Å². The van der Waals surface area contributed by atoms with Crippen molar-refractivity contribution < 1.29 is 0 Å². The highest BCUT2D eigenvalue weighted by atomic mass is 32.2. The molecule has 1 aliphatic rings. The van der Waals surface area contributed by atoms with Crippen molar-refractivity contribution in [2.75, 3.05) is 18.8 Å². The van der Waals surface area contributed by atoms with Gasteiger partial charge >= 0.3 is 0 Å². The summed E-state index contributed by atoms with van der Waals surface area (Å²) < 4.78 is 0. The molecule has 0 aromatic carbocycles. The van der Waals surface area contributed by atoms with Gasteiger partial charge in [0.2, 0.25) is 0 Å². The molecule has 1 atom stereocenters. The summed E-state index contributed by atoms with van der Waals surface area (Å²) in [6, 6.07) is 5.04. The van der Waals surface area contributed by atoms with Gasteiger partial charge in [0.05, 0.1) is 5.03 Å². The number of pyridine rings is 1. The lowest BCUT2D eigenvalue weighted by Crippen LogP contribution is -2.33. The molecule has 2 nitrogen and oxygen atoms in total. The van der Waals surface area contributed by atoms with Crippen molar-refractivity contribution in [2.45, 2.75) is 44.2 Å². The topological polar surface area (TPSA) is 16.1 Å². The number of piperidine rings is 1. The minimum atomic E-state index is 0.599. The van der Waals surface area contributed by atoms with Crippen LogP contribution in [0, 0.1) is 0 Å². The van der Waals surface area contributed by atoms with Crippen molar-refractivity contribution >= 4 is 11.8 Å². The fraction of sp³-hybridized carbons (Fsp3) is 0.643. The summed E-state index contributed by atoms with van der Waals surface area (Å²) in [6.07, 6.45) is 6.07. The molecule has 1 fully saturated rings. The molecule has 17 heavy (non-hydrogen) atoms. The number of hydrogen-bond donors (Lipinski definition) is 0. The number of nitrogens with zero attached hydrogens (tertiary/aromatic N) is 2. The van der Waals surface area contributed by atoms with Crippen LogP contribution in [-0.4, -0.2) is 28.7 Å². The Morgan fingerprint density at radius 2 is 2.24 bits per heavy atom. The van der Waals surface area contributed by atoms with Gasteiger partial charge in [-0.15, -0.1) is 11.8 Å². The zero-order valence-electron chi connectivity index (χ0n) is 10.9. The zero-order valence-corrected chi connectivity index (χ0v) is 11.7. The minimum Gasteiger partial charge on any atom is -0.297 e. The Balaban J connectivity index is 2.09. The SMILES string of the molecule is CCSc1ccc([C@@H]2CCCCN2CC)cn1. The van der Waals surface area contributed by atoms with E-state index in [0.717, 1.165) is 17.3 Å². The van der Waals surface area contributed by atoms with Crippen molar-refractivity contribution in [1.82, 2.24) is 9.88 Å². The van der Waals surface area contributed by atoms with E-state index in [-0.39, 0.29) is 0 Å². The third-order valence-electron chi connectivity index (χ3n) is 3.46. The lowest BCUT2D eigenvalue weighted by Gasteiger charge is -2.35. The Bertz CT molecular complexity index is 337. The number of likely N-dealkylation sites (tertiary alicyclic amines) is 1. The quantitative estimate of drug-likeness (QED) is 0.757. The molecule has 1 aromatic rings. The van der Waals surface area contributed by atoms with Gasteiger partial charge in [0.15, 0.2) is 0 Å². The fourth-order valence-electron chi connectivity index (χ4n) is 2.57. The van der Waals surface area contributed by atoms with Crippen LogP contribution in [-0.2, 0) is 0 Å². The molecule has 0 radical (unpaired) electrons.